The second kappa shape index (κ2) is 12.0. The van der Waals surface area contributed by atoms with Crippen molar-refractivity contribution in [2.24, 2.45) is 11.1 Å². The summed E-state index contributed by atoms with van der Waals surface area (Å²) in [6.07, 6.45) is 0.00997. The first kappa shape index (κ1) is 28.5. The summed E-state index contributed by atoms with van der Waals surface area (Å²) in [7, 11) is 0. The van der Waals surface area contributed by atoms with Crippen molar-refractivity contribution in [3.05, 3.63) is 11.1 Å². The van der Waals surface area contributed by atoms with Gasteiger partial charge in [-0.1, -0.05) is 34.9 Å². The first-order valence-electron chi connectivity index (χ1n) is 9.67. The molecule has 0 spiro atoms. The Kier molecular flexibility index (Phi) is 9.75. The Labute approximate surface area is 242 Å². The van der Waals surface area contributed by atoms with Crippen molar-refractivity contribution >= 4 is 86.8 Å². The van der Waals surface area contributed by atoms with Crippen LogP contribution in [0.1, 0.15) is 5.69 Å². The molecule has 2 fully saturated rings. The maximum absolute atomic E-state index is 12.7. The summed E-state index contributed by atoms with van der Waals surface area (Å²) in [5, 5.41) is 24.5. The summed E-state index contributed by atoms with van der Waals surface area (Å²) in [5.41, 5.74) is 9.94. The minimum absolute atomic E-state index is 0. The first-order chi connectivity index (χ1) is 16.2. The van der Waals surface area contributed by atoms with Gasteiger partial charge in [0, 0.05) is 28.8 Å². The Bertz CT molecular complexity index is 1130. The smallest absolute Gasteiger partial charge is 0.549 e. The van der Waals surface area contributed by atoms with E-state index < -0.39 is 23.3 Å². The normalized spacial score (nSPS) is 23.1. The van der Waals surface area contributed by atoms with Crippen LogP contribution < -0.4 is 51.4 Å². The number of nitrogens with two attached hydrogens (primary N) is 2. The molecule has 4 rings (SSSR count). The van der Waals surface area contributed by atoms with Crippen LogP contribution in [-0.2, 0) is 25.6 Å². The number of hydrogen-bond acceptors (Lipinski definition) is 14. The second-order valence-corrected chi connectivity index (χ2v) is 12.9. The average Bonchev–Trinajstić information content (AvgIpc) is 3.42. The van der Waals surface area contributed by atoms with Crippen molar-refractivity contribution in [2.45, 2.75) is 26.5 Å². The molecule has 182 valence electrons. The van der Waals surface area contributed by atoms with Crippen molar-refractivity contribution < 1.29 is 53.8 Å². The Morgan fingerprint density at radius 2 is 2.00 bits per heavy atom. The molecule has 12 nitrogen and oxygen atoms in total. The molecule has 5 N–H and O–H groups in total. The number of nitrogens with one attached hydrogen (secondary N) is 1. The van der Waals surface area contributed by atoms with Crippen LogP contribution in [0.2, 0.25) is 0 Å². The van der Waals surface area contributed by atoms with Crippen LogP contribution >= 0.6 is 58.0 Å². The molecular weight excluding hydrogens is 566 g/mol. The number of β-lactam (4-membered cyclic amide) rings is 1. The number of nitrogens with zero attached hydrogens (tertiary/aromatic N) is 4. The van der Waals surface area contributed by atoms with Crippen LogP contribution in [0.25, 0.3) is 0 Å². The number of hydrogen-bond donors (Lipinski definition) is 3. The zero-order valence-corrected chi connectivity index (χ0v) is 24.4. The number of carboxylic acid groups (broad SMARTS) is 1. The standard InChI is InChI=1S/C17H19N7O5S5.Na/c18-8(25)3-31-15-22-23-16(34-15)33-6-17(13(28)29)4-24-11(27)10(12(24)32-5-17)21-9(26)1-7-2-30-14(19)20-7;/h2,10,12H,1,3-6H2,(H2,18,25)(H2,19,20)(H,21,26)(H,28,29);/q;+1/p-1/t10?,12-,17?;/m1./s1. The molecule has 2 saturated heterocycles. The van der Waals surface area contributed by atoms with E-state index >= 15 is 0 Å². The number of thioether (sulfide) groups is 3. The Morgan fingerprint density at radius 1 is 1.29 bits per heavy atom. The molecule has 4 heterocycles. The topological polar surface area (TPSA) is 197 Å². The summed E-state index contributed by atoms with van der Waals surface area (Å²) in [6.45, 7) is -0.0179. The van der Waals surface area contributed by atoms with Crippen molar-refractivity contribution in [1.82, 2.24) is 25.4 Å². The van der Waals surface area contributed by atoms with Crippen molar-refractivity contribution in [1.29, 1.82) is 0 Å². The molecule has 35 heavy (non-hydrogen) atoms. The minimum Gasteiger partial charge on any atom is -0.549 e. The number of aromatic nitrogens is 3. The van der Waals surface area contributed by atoms with Gasteiger partial charge in [0.15, 0.2) is 13.8 Å². The Morgan fingerprint density at radius 3 is 2.63 bits per heavy atom. The molecule has 2 aromatic rings. The molecule has 0 bridgehead atoms. The third-order valence-electron chi connectivity index (χ3n) is 5.00. The Hall–Kier alpha value is -1.08. The van der Waals surface area contributed by atoms with Crippen molar-refractivity contribution in [3.8, 4) is 0 Å². The van der Waals surface area contributed by atoms with Crippen LogP contribution in [0, 0.1) is 5.41 Å². The van der Waals surface area contributed by atoms with E-state index in [4.69, 9.17) is 11.5 Å². The number of rotatable bonds is 10. The molecule has 0 saturated carbocycles. The van der Waals surface area contributed by atoms with E-state index in [0.717, 1.165) is 11.8 Å². The van der Waals surface area contributed by atoms with Gasteiger partial charge < -0.3 is 31.6 Å². The van der Waals surface area contributed by atoms with Gasteiger partial charge in [0.1, 0.15) is 11.4 Å². The first-order valence-corrected chi connectivity index (χ1v) is 14.4. The molecule has 0 aliphatic carbocycles. The maximum atomic E-state index is 12.7. The fourth-order valence-electron chi connectivity index (χ4n) is 3.34. The zero-order chi connectivity index (χ0) is 24.5. The second-order valence-electron chi connectivity index (χ2n) is 7.51. The number of carboxylic acids is 1. The molecule has 3 amide bonds. The summed E-state index contributed by atoms with van der Waals surface area (Å²) in [4.78, 5) is 53.5. The van der Waals surface area contributed by atoms with Gasteiger partial charge in [-0.2, -0.15) is 0 Å². The fourth-order valence-corrected chi connectivity index (χ4v) is 8.51. The van der Waals surface area contributed by atoms with Gasteiger partial charge in [0.25, 0.3) is 0 Å². The number of carbonyl (C=O) groups excluding carboxylic acids is 4. The molecule has 0 aromatic carbocycles. The average molecular weight is 584 g/mol. The van der Waals surface area contributed by atoms with Crippen LogP contribution in [0.5, 0.6) is 0 Å². The van der Waals surface area contributed by atoms with Gasteiger partial charge in [-0.25, -0.2) is 4.98 Å². The third-order valence-corrected chi connectivity index (χ3v) is 10.8. The zero-order valence-electron chi connectivity index (χ0n) is 18.3. The predicted molar refractivity (Wildman–Crippen MR) is 128 cm³/mol. The quantitative estimate of drug-likeness (QED) is 0.138. The van der Waals surface area contributed by atoms with Crippen LogP contribution in [0.15, 0.2) is 14.1 Å². The number of thiazole rings is 1. The van der Waals surface area contributed by atoms with Gasteiger partial charge in [-0.05, 0) is 0 Å². The van der Waals surface area contributed by atoms with Gasteiger partial charge >= 0.3 is 29.6 Å². The summed E-state index contributed by atoms with van der Waals surface area (Å²) < 4.78 is 1.10. The van der Waals surface area contributed by atoms with Gasteiger partial charge in [0.05, 0.1) is 23.8 Å². The van der Waals surface area contributed by atoms with Crippen molar-refractivity contribution in [2.75, 3.05) is 29.5 Å². The van der Waals surface area contributed by atoms with Crippen LogP contribution in [0.4, 0.5) is 5.13 Å². The van der Waals surface area contributed by atoms with E-state index in [1.165, 1.54) is 51.1 Å². The number of fused-ring (bicyclic) bond motifs is 1. The molecule has 2 aliphatic rings. The molecule has 2 unspecified atom stereocenters. The SMILES string of the molecule is NC(=O)CSc1nnc(SCC2(C(=O)[O-])CS[C@@H]3C(NC(=O)Cc4csc(N)n4)C(=O)N3C2)s1.[Na+]. The molecule has 3 atom stereocenters. The summed E-state index contributed by atoms with van der Waals surface area (Å²) in [5.74, 6) is -1.98. The number of carbonyl (C=O) groups is 4. The number of anilines is 1. The number of primary amides is 1. The monoisotopic (exact) mass is 583 g/mol. The van der Waals surface area contributed by atoms with Gasteiger partial charge in [0.2, 0.25) is 17.7 Å². The van der Waals surface area contributed by atoms with Gasteiger partial charge in [-0.15, -0.1) is 33.3 Å². The van der Waals surface area contributed by atoms with Crippen LogP contribution in [-0.4, -0.2) is 79.0 Å². The van der Waals surface area contributed by atoms with E-state index in [1.54, 1.807) is 5.38 Å². The largest absolute Gasteiger partial charge is 1.00 e. The molecule has 2 aliphatic heterocycles. The van der Waals surface area contributed by atoms with Crippen molar-refractivity contribution in [3.63, 3.8) is 0 Å². The number of nitrogen functional groups attached to an aromatic ring is 1. The number of amides is 3. The Balaban J connectivity index is 0.00000342. The van der Waals surface area contributed by atoms with Gasteiger partial charge in [-0.3, -0.25) is 14.4 Å². The minimum atomic E-state index is -1.28. The third kappa shape index (κ3) is 6.63. The van der Waals surface area contributed by atoms with Crippen LogP contribution in [0.3, 0.4) is 0 Å². The molecular formula is C17H18N7NaO5S5. The summed E-state index contributed by atoms with van der Waals surface area (Å²) >= 11 is 6.13. The fraction of sp³-hybridized carbons (Fsp3) is 0.471. The molecule has 0 radical (unpaired) electrons. The van der Waals surface area contributed by atoms with E-state index in [1.807, 2.05) is 0 Å². The van der Waals surface area contributed by atoms with E-state index in [2.05, 4.69) is 20.5 Å². The summed E-state index contributed by atoms with van der Waals surface area (Å²) in [6, 6.07) is -0.714. The van der Waals surface area contributed by atoms with E-state index in [0.29, 0.717) is 19.5 Å². The predicted octanol–water partition coefficient (Wildman–Crippen LogP) is -4.37. The maximum Gasteiger partial charge on any atom is 1.00 e. The number of aliphatic carboxylic acids is 1. The van der Waals surface area contributed by atoms with E-state index in [9.17, 15) is 24.3 Å². The van der Waals surface area contributed by atoms with E-state index in [-0.39, 0.29) is 77.0 Å². The molecule has 2 aromatic heterocycles. The molecule has 18 heteroatoms.